The lowest BCUT2D eigenvalue weighted by Gasteiger charge is -2.11. The number of hydrogen-bond acceptors (Lipinski definition) is 2. The van der Waals surface area contributed by atoms with Crippen molar-refractivity contribution >= 4 is 11.6 Å². The molecule has 90 valence electrons. The van der Waals surface area contributed by atoms with E-state index in [0.29, 0.717) is 11.3 Å². The van der Waals surface area contributed by atoms with E-state index in [1.165, 1.54) is 6.07 Å². The average molecular weight is 254 g/mol. The molecule has 0 fully saturated rings. The molecule has 5 heteroatoms. The lowest BCUT2D eigenvalue weighted by Crippen LogP contribution is -2.13. The number of aromatic nitrogens is 2. The number of aryl methyl sites for hydroxylation is 1. The van der Waals surface area contributed by atoms with Crippen molar-refractivity contribution in [2.45, 2.75) is 19.5 Å². The second-order valence-electron chi connectivity index (χ2n) is 3.75. The smallest absolute Gasteiger partial charge is 0.142 e. The van der Waals surface area contributed by atoms with E-state index < -0.39 is 11.9 Å². The summed E-state index contributed by atoms with van der Waals surface area (Å²) in [7, 11) is 0. The maximum atomic E-state index is 13.3. The minimum atomic E-state index is -0.508. The second-order valence-corrected chi connectivity index (χ2v) is 4.13. The van der Waals surface area contributed by atoms with Crippen LogP contribution in [0.25, 0.3) is 0 Å². The van der Waals surface area contributed by atoms with Crippen LogP contribution in [-0.2, 0) is 6.54 Å². The average Bonchev–Trinajstić information content (AvgIpc) is 2.80. The van der Waals surface area contributed by atoms with E-state index >= 15 is 0 Å². The molecule has 0 aliphatic rings. The highest BCUT2D eigenvalue weighted by molar-refractivity contribution is 6.31. The van der Waals surface area contributed by atoms with Crippen LogP contribution in [0, 0.1) is 5.82 Å². The van der Waals surface area contributed by atoms with E-state index in [1.807, 2.05) is 17.7 Å². The molecule has 0 spiro atoms. The minimum absolute atomic E-state index is 0.0612. The summed E-state index contributed by atoms with van der Waals surface area (Å²) in [5, 5.41) is 0.0612. The Morgan fingerprint density at radius 1 is 1.53 bits per heavy atom. The molecule has 2 aromatic rings. The number of benzene rings is 1. The summed E-state index contributed by atoms with van der Waals surface area (Å²) >= 11 is 5.89. The van der Waals surface area contributed by atoms with Crippen LogP contribution in [0.2, 0.25) is 5.02 Å². The molecule has 0 radical (unpaired) electrons. The van der Waals surface area contributed by atoms with Gasteiger partial charge in [-0.25, -0.2) is 9.37 Å². The van der Waals surface area contributed by atoms with Crippen LogP contribution in [-0.4, -0.2) is 9.55 Å². The number of hydrogen-bond donors (Lipinski definition) is 1. The van der Waals surface area contributed by atoms with Crippen molar-refractivity contribution in [3.63, 3.8) is 0 Å². The first-order valence-corrected chi connectivity index (χ1v) is 5.72. The van der Waals surface area contributed by atoms with Crippen molar-refractivity contribution in [2.24, 2.45) is 5.73 Å². The summed E-state index contributed by atoms with van der Waals surface area (Å²) in [5.74, 6) is -0.463. The Morgan fingerprint density at radius 2 is 2.29 bits per heavy atom. The zero-order valence-electron chi connectivity index (χ0n) is 9.40. The van der Waals surface area contributed by atoms with Gasteiger partial charge in [0.2, 0.25) is 0 Å². The quantitative estimate of drug-likeness (QED) is 0.914. The van der Waals surface area contributed by atoms with Gasteiger partial charge in [0, 0.05) is 12.7 Å². The first-order valence-electron chi connectivity index (χ1n) is 5.34. The van der Waals surface area contributed by atoms with Gasteiger partial charge < -0.3 is 10.3 Å². The number of rotatable bonds is 3. The number of nitrogens with zero attached hydrogens (tertiary/aromatic N) is 2. The summed E-state index contributed by atoms with van der Waals surface area (Å²) in [6.07, 6.45) is 3.54. The molecule has 17 heavy (non-hydrogen) atoms. The third-order valence-corrected chi connectivity index (χ3v) is 3.05. The van der Waals surface area contributed by atoms with E-state index in [4.69, 9.17) is 17.3 Å². The molecular weight excluding hydrogens is 241 g/mol. The van der Waals surface area contributed by atoms with Crippen LogP contribution in [0.3, 0.4) is 0 Å². The van der Waals surface area contributed by atoms with Gasteiger partial charge in [-0.2, -0.15) is 0 Å². The lowest BCUT2D eigenvalue weighted by atomic mass is 10.1. The molecule has 1 aromatic carbocycles. The SMILES string of the molecule is CCn1cnc(C(N)c2cccc(F)c2Cl)c1. The predicted octanol–water partition coefficient (Wildman–Crippen LogP) is 2.74. The maximum Gasteiger partial charge on any atom is 0.142 e. The molecule has 1 aromatic heterocycles. The predicted molar refractivity (Wildman–Crippen MR) is 65.3 cm³/mol. The van der Waals surface area contributed by atoms with Crippen LogP contribution < -0.4 is 5.73 Å². The van der Waals surface area contributed by atoms with Crippen molar-refractivity contribution in [1.29, 1.82) is 0 Å². The van der Waals surface area contributed by atoms with Crippen LogP contribution in [0.5, 0.6) is 0 Å². The second kappa shape index (κ2) is 4.85. The summed E-state index contributed by atoms with van der Waals surface area (Å²) in [6, 6.07) is 4.10. The zero-order chi connectivity index (χ0) is 12.4. The van der Waals surface area contributed by atoms with E-state index in [1.54, 1.807) is 18.5 Å². The number of imidazole rings is 1. The van der Waals surface area contributed by atoms with Gasteiger partial charge in [0.05, 0.1) is 23.1 Å². The molecule has 2 N–H and O–H groups in total. The summed E-state index contributed by atoms with van der Waals surface area (Å²) in [6.45, 7) is 2.82. The molecule has 0 amide bonds. The fourth-order valence-electron chi connectivity index (χ4n) is 1.63. The van der Waals surface area contributed by atoms with E-state index in [9.17, 15) is 4.39 Å². The molecule has 0 bridgehead atoms. The van der Waals surface area contributed by atoms with Crippen molar-refractivity contribution in [3.8, 4) is 0 Å². The highest BCUT2D eigenvalue weighted by atomic mass is 35.5. The molecule has 1 unspecified atom stereocenters. The Kier molecular flexibility index (Phi) is 3.45. The van der Waals surface area contributed by atoms with Gasteiger partial charge in [0.15, 0.2) is 0 Å². The zero-order valence-corrected chi connectivity index (χ0v) is 10.2. The van der Waals surface area contributed by atoms with Gasteiger partial charge in [0.1, 0.15) is 5.82 Å². The normalized spacial score (nSPS) is 12.7. The molecule has 2 rings (SSSR count). The van der Waals surface area contributed by atoms with Crippen molar-refractivity contribution in [3.05, 3.63) is 52.8 Å². The molecule has 3 nitrogen and oxygen atoms in total. The van der Waals surface area contributed by atoms with Crippen molar-refractivity contribution in [1.82, 2.24) is 9.55 Å². The Hall–Kier alpha value is -1.39. The fourth-order valence-corrected chi connectivity index (χ4v) is 1.87. The third kappa shape index (κ3) is 2.33. The fraction of sp³-hybridized carbons (Fsp3) is 0.250. The Labute approximate surface area is 104 Å². The molecular formula is C12H13ClFN3. The first kappa shape index (κ1) is 12.1. The van der Waals surface area contributed by atoms with Gasteiger partial charge in [-0.1, -0.05) is 23.7 Å². The first-order chi connectivity index (χ1) is 8.13. The van der Waals surface area contributed by atoms with Gasteiger partial charge in [0.25, 0.3) is 0 Å². The van der Waals surface area contributed by atoms with Gasteiger partial charge in [-0.05, 0) is 18.6 Å². The summed E-state index contributed by atoms with van der Waals surface area (Å²) in [5.41, 5.74) is 7.26. The largest absolute Gasteiger partial charge is 0.337 e. The molecule has 1 atom stereocenters. The van der Waals surface area contributed by atoms with Gasteiger partial charge in [-0.3, -0.25) is 0 Å². The van der Waals surface area contributed by atoms with Crippen molar-refractivity contribution in [2.75, 3.05) is 0 Å². The molecule has 0 aliphatic heterocycles. The molecule has 1 heterocycles. The van der Waals surface area contributed by atoms with Crippen LogP contribution in [0.4, 0.5) is 4.39 Å². The highest BCUT2D eigenvalue weighted by Crippen LogP contribution is 2.27. The standard InChI is InChI=1S/C12H13ClFN3/c1-2-17-6-10(16-7-17)12(15)8-4-3-5-9(14)11(8)13/h3-7,12H,2,15H2,1H3. The summed E-state index contributed by atoms with van der Waals surface area (Å²) in [4.78, 5) is 4.19. The molecule has 0 saturated heterocycles. The number of nitrogens with two attached hydrogens (primary N) is 1. The van der Waals surface area contributed by atoms with Crippen LogP contribution in [0.1, 0.15) is 24.2 Å². The number of halogens is 2. The van der Waals surface area contributed by atoms with Crippen molar-refractivity contribution < 1.29 is 4.39 Å². The molecule has 0 saturated carbocycles. The van der Waals surface area contributed by atoms with Crippen LogP contribution in [0.15, 0.2) is 30.7 Å². The summed E-state index contributed by atoms with van der Waals surface area (Å²) < 4.78 is 15.2. The third-order valence-electron chi connectivity index (χ3n) is 2.65. The van der Waals surface area contributed by atoms with Gasteiger partial charge in [-0.15, -0.1) is 0 Å². The van der Waals surface area contributed by atoms with E-state index in [0.717, 1.165) is 6.54 Å². The van der Waals surface area contributed by atoms with E-state index in [-0.39, 0.29) is 5.02 Å². The Bertz CT molecular complexity index is 524. The lowest BCUT2D eigenvalue weighted by molar-refractivity contribution is 0.623. The Morgan fingerprint density at radius 3 is 2.94 bits per heavy atom. The van der Waals surface area contributed by atoms with Gasteiger partial charge >= 0.3 is 0 Å². The topological polar surface area (TPSA) is 43.8 Å². The van der Waals surface area contributed by atoms with Crippen LogP contribution >= 0.6 is 11.6 Å². The van der Waals surface area contributed by atoms with E-state index in [2.05, 4.69) is 4.98 Å². The molecule has 0 aliphatic carbocycles. The Balaban J connectivity index is 2.36. The minimum Gasteiger partial charge on any atom is -0.337 e. The highest BCUT2D eigenvalue weighted by Gasteiger charge is 2.16. The maximum absolute atomic E-state index is 13.3. The monoisotopic (exact) mass is 253 g/mol.